The fraction of sp³-hybridized carbons (Fsp3) is 0. The zero-order valence-corrected chi connectivity index (χ0v) is 10.2. The first kappa shape index (κ1) is 10.4. The molecule has 1 aliphatic rings. The molecular weight excluding hydrogens is 254 g/mol. The summed E-state index contributed by atoms with van der Waals surface area (Å²) >= 11 is 6.30. The van der Waals surface area contributed by atoms with E-state index < -0.39 is 0 Å². The molecule has 4 nitrogen and oxygen atoms in total. The molecule has 0 saturated carbocycles. The minimum atomic E-state index is 0.0940. The highest BCUT2D eigenvalue weighted by atomic mass is 32.1. The molecule has 0 fully saturated rings. The van der Waals surface area contributed by atoms with E-state index in [1.807, 2.05) is 24.3 Å². The summed E-state index contributed by atoms with van der Waals surface area (Å²) in [6, 6.07) is 5.81. The second-order valence-electron chi connectivity index (χ2n) is 3.50. The van der Waals surface area contributed by atoms with Crippen molar-refractivity contribution in [3.8, 4) is 5.88 Å². The SMILES string of the molecule is Oc1[nH]c(=S)sc1/C=c1/cccc2c1=NN=C2. The first-order valence-electron chi connectivity index (χ1n) is 4.88. The lowest BCUT2D eigenvalue weighted by Gasteiger charge is -1.91. The first-order valence-corrected chi connectivity index (χ1v) is 6.10. The van der Waals surface area contributed by atoms with E-state index in [1.54, 1.807) is 6.21 Å². The highest BCUT2D eigenvalue weighted by Gasteiger charge is 2.04. The highest BCUT2D eigenvalue weighted by molar-refractivity contribution is 7.73. The van der Waals surface area contributed by atoms with Crippen molar-refractivity contribution in [1.29, 1.82) is 0 Å². The fourth-order valence-electron chi connectivity index (χ4n) is 1.64. The van der Waals surface area contributed by atoms with E-state index >= 15 is 0 Å². The second kappa shape index (κ2) is 3.90. The van der Waals surface area contributed by atoms with Gasteiger partial charge in [0, 0.05) is 10.8 Å². The molecule has 84 valence electrons. The zero-order chi connectivity index (χ0) is 11.8. The molecule has 2 heterocycles. The summed E-state index contributed by atoms with van der Waals surface area (Å²) in [6.07, 6.45) is 3.56. The second-order valence-corrected chi connectivity index (χ2v) is 5.22. The van der Waals surface area contributed by atoms with Gasteiger partial charge in [0.25, 0.3) is 0 Å². The Morgan fingerprint density at radius 3 is 3.06 bits per heavy atom. The van der Waals surface area contributed by atoms with Gasteiger partial charge < -0.3 is 10.1 Å². The Morgan fingerprint density at radius 2 is 2.29 bits per heavy atom. The molecule has 2 aromatic rings. The number of hydrogen-bond acceptors (Lipinski definition) is 5. The molecule has 0 radical (unpaired) electrons. The van der Waals surface area contributed by atoms with E-state index in [0.29, 0.717) is 8.83 Å². The van der Waals surface area contributed by atoms with Crippen molar-refractivity contribution >= 4 is 35.8 Å². The Balaban J connectivity index is 2.28. The van der Waals surface area contributed by atoms with E-state index in [0.717, 1.165) is 16.1 Å². The van der Waals surface area contributed by atoms with E-state index in [2.05, 4.69) is 15.2 Å². The van der Waals surface area contributed by atoms with Gasteiger partial charge in [-0.3, -0.25) is 0 Å². The number of aromatic hydroxyl groups is 1. The number of hydrogen-bond donors (Lipinski definition) is 2. The number of thiazole rings is 1. The van der Waals surface area contributed by atoms with Gasteiger partial charge in [0.1, 0.15) is 5.36 Å². The zero-order valence-electron chi connectivity index (χ0n) is 8.54. The van der Waals surface area contributed by atoms with Crippen LogP contribution in [0.1, 0.15) is 10.4 Å². The lowest BCUT2D eigenvalue weighted by Crippen LogP contribution is -2.26. The maximum atomic E-state index is 9.64. The number of H-pyrrole nitrogens is 1. The van der Waals surface area contributed by atoms with Crippen LogP contribution in [0.15, 0.2) is 28.4 Å². The minimum Gasteiger partial charge on any atom is -0.494 e. The normalized spacial score (nSPS) is 13.8. The molecule has 17 heavy (non-hydrogen) atoms. The third-order valence-corrected chi connectivity index (χ3v) is 3.57. The Kier molecular flexibility index (Phi) is 2.38. The Morgan fingerprint density at radius 1 is 1.41 bits per heavy atom. The third-order valence-electron chi connectivity index (χ3n) is 2.40. The number of aromatic nitrogens is 1. The molecular formula is C11H7N3OS2. The fourth-order valence-corrected chi connectivity index (χ4v) is 2.68. The van der Waals surface area contributed by atoms with Crippen LogP contribution in [0.4, 0.5) is 0 Å². The van der Waals surface area contributed by atoms with Crippen molar-refractivity contribution in [3.05, 3.63) is 43.2 Å². The summed E-state index contributed by atoms with van der Waals surface area (Å²) in [4.78, 5) is 3.39. The minimum absolute atomic E-state index is 0.0940. The van der Waals surface area contributed by atoms with E-state index in [4.69, 9.17) is 12.2 Å². The summed E-state index contributed by atoms with van der Waals surface area (Å²) < 4.78 is 0.550. The molecule has 0 bridgehead atoms. The topological polar surface area (TPSA) is 60.7 Å². The Hall–Kier alpha value is -1.79. The van der Waals surface area contributed by atoms with Gasteiger partial charge in [-0.25, -0.2) is 0 Å². The van der Waals surface area contributed by atoms with Gasteiger partial charge in [0.2, 0.25) is 5.88 Å². The smallest absolute Gasteiger partial charge is 0.207 e. The Bertz CT molecular complexity index is 786. The molecule has 0 saturated heterocycles. The van der Waals surface area contributed by atoms with Crippen molar-refractivity contribution in [2.45, 2.75) is 0 Å². The van der Waals surface area contributed by atoms with Gasteiger partial charge in [-0.2, -0.15) is 5.10 Å². The van der Waals surface area contributed by atoms with Crippen LogP contribution in [0.5, 0.6) is 5.88 Å². The predicted octanol–water partition coefficient (Wildman–Crippen LogP) is 1.31. The number of nitrogens with one attached hydrogen (secondary N) is 1. The van der Waals surface area contributed by atoms with E-state index in [9.17, 15) is 5.11 Å². The van der Waals surface area contributed by atoms with Crippen LogP contribution < -0.4 is 10.6 Å². The monoisotopic (exact) mass is 261 g/mol. The van der Waals surface area contributed by atoms with Crippen molar-refractivity contribution in [3.63, 3.8) is 0 Å². The van der Waals surface area contributed by atoms with Crippen molar-refractivity contribution in [2.24, 2.45) is 10.2 Å². The predicted molar refractivity (Wildman–Crippen MR) is 69.6 cm³/mol. The molecule has 2 N–H and O–H groups in total. The summed E-state index contributed by atoms with van der Waals surface area (Å²) in [7, 11) is 0. The van der Waals surface area contributed by atoms with E-state index in [-0.39, 0.29) is 5.88 Å². The third kappa shape index (κ3) is 1.81. The number of rotatable bonds is 1. The van der Waals surface area contributed by atoms with Gasteiger partial charge in [0.05, 0.1) is 11.1 Å². The molecule has 0 atom stereocenters. The van der Waals surface area contributed by atoms with Crippen LogP contribution in [0.3, 0.4) is 0 Å². The van der Waals surface area contributed by atoms with Gasteiger partial charge >= 0.3 is 0 Å². The van der Waals surface area contributed by atoms with Gasteiger partial charge in [-0.1, -0.05) is 18.2 Å². The molecule has 1 aromatic carbocycles. The molecule has 1 aliphatic heterocycles. The van der Waals surface area contributed by atoms with Gasteiger partial charge in [-0.05, 0) is 18.3 Å². The van der Waals surface area contributed by atoms with Crippen LogP contribution in [-0.4, -0.2) is 16.3 Å². The molecule has 6 heteroatoms. The van der Waals surface area contributed by atoms with Crippen LogP contribution in [0, 0.1) is 3.95 Å². The quantitative estimate of drug-likeness (QED) is 0.760. The summed E-state index contributed by atoms with van der Waals surface area (Å²) in [5, 5.41) is 19.3. The largest absolute Gasteiger partial charge is 0.494 e. The first-order chi connectivity index (χ1) is 8.24. The number of nitrogens with zero attached hydrogens (tertiary/aromatic N) is 2. The van der Waals surface area contributed by atoms with Crippen molar-refractivity contribution in [2.75, 3.05) is 0 Å². The van der Waals surface area contributed by atoms with Crippen molar-refractivity contribution < 1.29 is 5.11 Å². The summed E-state index contributed by atoms with van der Waals surface area (Å²) in [5.74, 6) is 0.0940. The summed E-state index contributed by atoms with van der Waals surface area (Å²) in [5.41, 5.74) is 0.984. The standard InChI is InChI=1S/C11H7N3OS2/c15-10-8(17-11(16)13-10)4-6-2-1-3-7-5-12-14-9(6)7/h1-5,15H,(H,13,16)/b6-4-. The molecule has 0 amide bonds. The highest BCUT2D eigenvalue weighted by Crippen LogP contribution is 2.21. The maximum absolute atomic E-state index is 9.64. The van der Waals surface area contributed by atoms with Crippen LogP contribution in [0.2, 0.25) is 0 Å². The summed E-state index contributed by atoms with van der Waals surface area (Å²) in [6.45, 7) is 0. The number of fused-ring (bicyclic) bond motifs is 1. The van der Waals surface area contributed by atoms with E-state index in [1.165, 1.54) is 11.3 Å². The Labute approximate surface area is 105 Å². The average molecular weight is 261 g/mol. The molecule has 1 aromatic heterocycles. The van der Waals surface area contributed by atoms with Gasteiger partial charge in [0.15, 0.2) is 3.95 Å². The molecule has 3 rings (SSSR count). The van der Waals surface area contributed by atoms with Crippen LogP contribution >= 0.6 is 23.6 Å². The van der Waals surface area contributed by atoms with Gasteiger partial charge in [-0.15, -0.1) is 16.4 Å². The van der Waals surface area contributed by atoms with Crippen molar-refractivity contribution in [1.82, 2.24) is 4.98 Å². The van der Waals surface area contributed by atoms with Crippen LogP contribution in [-0.2, 0) is 0 Å². The lowest BCUT2D eigenvalue weighted by molar-refractivity contribution is 0.456. The lowest BCUT2D eigenvalue weighted by atomic mass is 10.2. The molecule has 0 spiro atoms. The number of aromatic amines is 1. The van der Waals surface area contributed by atoms with Crippen LogP contribution in [0.25, 0.3) is 6.08 Å². The average Bonchev–Trinajstić information content (AvgIpc) is 2.87. The molecule has 0 unspecified atom stereocenters. The maximum Gasteiger partial charge on any atom is 0.207 e. The molecule has 0 aliphatic carbocycles. The number of benzene rings is 1.